The van der Waals surface area contributed by atoms with Crippen LogP contribution in [0.4, 0.5) is 11.4 Å². The Morgan fingerprint density at radius 2 is 1.83 bits per heavy atom. The Kier molecular flexibility index (Phi) is 4.98. The Balaban J connectivity index is 1.67. The number of benzene rings is 2. The third kappa shape index (κ3) is 3.88. The van der Waals surface area contributed by atoms with Crippen molar-refractivity contribution < 1.29 is 4.79 Å². The van der Waals surface area contributed by atoms with E-state index in [0.717, 1.165) is 30.1 Å². The first-order valence-corrected chi connectivity index (χ1v) is 10.3. The first-order valence-electron chi connectivity index (χ1n) is 10.3. The molecule has 30 heavy (non-hydrogen) atoms. The second-order valence-corrected chi connectivity index (χ2v) is 9.03. The minimum absolute atomic E-state index is 0.0191. The van der Waals surface area contributed by atoms with E-state index >= 15 is 0 Å². The number of fused-ring (bicyclic) bond motifs is 1. The average Bonchev–Trinajstić information content (AvgIpc) is 2.73. The highest BCUT2D eigenvalue weighted by Crippen LogP contribution is 2.37. The molecule has 1 amide bonds. The van der Waals surface area contributed by atoms with Gasteiger partial charge in [-0.15, -0.1) is 0 Å². The SMILES string of the molecule is CC(C)(C)N=C1Nc2ccccc2N[C@@]12CCCN(C(=O)c1ccc(C#N)cc1)C2. The van der Waals surface area contributed by atoms with Gasteiger partial charge in [0.05, 0.1) is 35.1 Å². The van der Waals surface area contributed by atoms with Gasteiger partial charge in [-0.2, -0.15) is 5.26 Å². The molecule has 1 spiro atoms. The summed E-state index contributed by atoms with van der Waals surface area (Å²) in [5, 5.41) is 16.3. The largest absolute Gasteiger partial charge is 0.370 e. The molecular weight excluding hydrogens is 374 g/mol. The number of rotatable bonds is 1. The van der Waals surface area contributed by atoms with E-state index in [1.807, 2.05) is 23.1 Å². The lowest BCUT2D eigenvalue weighted by Crippen LogP contribution is -2.63. The molecule has 2 aromatic rings. The number of amidine groups is 1. The maximum absolute atomic E-state index is 13.2. The Morgan fingerprint density at radius 1 is 1.13 bits per heavy atom. The Labute approximate surface area is 177 Å². The van der Waals surface area contributed by atoms with Crippen molar-refractivity contribution in [2.75, 3.05) is 23.7 Å². The Bertz CT molecular complexity index is 1030. The highest BCUT2D eigenvalue weighted by molar-refractivity contribution is 6.10. The quantitative estimate of drug-likeness (QED) is 0.748. The highest BCUT2D eigenvalue weighted by Gasteiger charge is 2.45. The fourth-order valence-electron chi connectivity index (χ4n) is 4.13. The van der Waals surface area contributed by atoms with Crippen LogP contribution in [0.5, 0.6) is 0 Å². The molecule has 6 nitrogen and oxygen atoms in total. The molecule has 0 radical (unpaired) electrons. The lowest BCUT2D eigenvalue weighted by atomic mass is 9.84. The van der Waals surface area contributed by atoms with Crippen molar-refractivity contribution in [3.63, 3.8) is 0 Å². The van der Waals surface area contributed by atoms with E-state index in [-0.39, 0.29) is 11.4 Å². The zero-order valence-electron chi connectivity index (χ0n) is 17.7. The molecule has 0 aliphatic carbocycles. The van der Waals surface area contributed by atoms with Crippen LogP contribution in [0, 0.1) is 11.3 Å². The molecule has 0 bridgehead atoms. The van der Waals surface area contributed by atoms with Crippen molar-refractivity contribution in [1.82, 2.24) is 4.90 Å². The molecule has 0 unspecified atom stereocenters. The molecule has 2 aliphatic rings. The van der Waals surface area contributed by atoms with Gasteiger partial charge >= 0.3 is 0 Å². The summed E-state index contributed by atoms with van der Waals surface area (Å²) in [6.45, 7) is 7.48. The van der Waals surface area contributed by atoms with Crippen LogP contribution < -0.4 is 10.6 Å². The molecule has 1 fully saturated rings. The summed E-state index contributed by atoms with van der Waals surface area (Å²) in [5.74, 6) is 0.861. The number of carbonyl (C=O) groups is 1. The van der Waals surface area contributed by atoms with Gasteiger partial charge in [0.2, 0.25) is 0 Å². The lowest BCUT2D eigenvalue weighted by molar-refractivity contribution is 0.0694. The summed E-state index contributed by atoms with van der Waals surface area (Å²) in [4.78, 5) is 20.1. The summed E-state index contributed by atoms with van der Waals surface area (Å²) < 4.78 is 0. The molecule has 0 saturated carbocycles. The topological polar surface area (TPSA) is 80.5 Å². The van der Waals surface area contributed by atoms with Crippen LogP contribution >= 0.6 is 0 Å². The number of carbonyl (C=O) groups excluding carboxylic acids is 1. The minimum Gasteiger partial charge on any atom is -0.370 e. The van der Waals surface area contributed by atoms with Gasteiger partial charge in [-0.25, -0.2) is 0 Å². The third-order valence-corrected chi connectivity index (χ3v) is 5.50. The standard InChI is InChI=1S/C24H27N5O/c1-23(2,3)28-22-24(27-20-8-5-4-7-19(20)26-22)13-6-14-29(16-24)21(30)18-11-9-17(15-25)10-12-18/h4-5,7-12,27H,6,13-14,16H2,1-3H3,(H,26,28)/t24-/m1/s1. The Morgan fingerprint density at radius 3 is 2.50 bits per heavy atom. The molecule has 2 aliphatic heterocycles. The van der Waals surface area contributed by atoms with Crippen molar-refractivity contribution in [2.45, 2.75) is 44.7 Å². The molecular formula is C24H27N5O. The number of likely N-dealkylation sites (tertiary alicyclic amines) is 1. The number of amides is 1. The van der Waals surface area contributed by atoms with Gasteiger partial charge in [-0.05, 0) is 70.0 Å². The van der Waals surface area contributed by atoms with Crippen molar-refractivity contribution in [3.8, 4) is 6.07 Å². The lowest BCUT2D eigenvalue weighted by Gasteiger charge is -2.48. The summed E-state index contributed by atoms with van der Waals surface area (Å²) >= 11 is 0. The molecule has 2 N–H and O–H groups in total. The summed E-state index contributed by atoms with van der Waals surface area (Å²) in [7, 11) is 0. The minimum atomic E-state index is -0.456. The van der Waals surface area contributed by atoms with Crippen LogP contribution in [0.1, 0.15) is 49.5 Å². The molecule has 1 saturated heterocycles. The zero-order valence-corrected chi connectivity index (χ0v) is 17.7. The number of nitrogens with one attached hydrogen (secondary N) is 2. The van der Waals surface area contributed by atoms with Crippen molar-refractivity contribution in [1.29, 1.82) is 5.26 Å². The summed E-state index contributed by atoms with van der Waals surface area (Å²) in [6.07, 6.45) is 1.77. The molecule has 4 rings (SSSR count). The van der Waals surface area contributed by atoms with Crippen LogP contribution in [0.2, 0.25) is 0 Å². The van der Waals surface area contributed by atoms with Gasteiger partial charge < -0.3 is 15.5 Å². The van der Waals surface area contributed by atoms with E-state index < -0.39 is 5.54 Å². The fraction of sp³-hybridized carbons (Fsp3) is 0.375. The summed E-state index contributed by atoms with van der Waals surface area (Å²) in [6, 6.07) is 17.0. The van der Waals surface area contributed by atoms with E-state index in [1.165, 1.54) is 0 Å². The molecule has 1 atom stereocenters. The average molecular weight is 402 g/mol. The Hall–Kier alpha value is -3.33. The highest BCUT2D eigenvalue weighted by atomic mass is 16.2. The second-order valence-electron chi connectivity index (χ2n) is 9.03. The first-order chi connectivity index (χ1) is 14.3. The number of aliphatic imine (C=N–C) groups is 1. The van der Waals surface area contributed by atoms with E-state index in [9.17, 15) is 4.79 Å². The van der Waals surface area contributed by atoms with Gasteiger partial charge in [0.25, 0.3) is 5.91 Å². The van der Waals surface area contributed by atoms with Crippen LogP contribution in [0.25, 0.3) is 0 Å². The first kappa shape index (κ1) is 20.0. The number of piperidine rings is 1. The van der Waals surface area contributed by atoms with E-state index in [4.69, 9.17) is 10.3 Å². The van der Waals surface area contributed by atoms with Crippen LogP contribution in [-0.4, -0.2) is 40.8 Å². The predicted octanol–water partition coefficient (Wildman–Crippen LogP) is 4.27. The van der Waals surface area contributed by atoms with Gasteiger partial charge in [0.15, 0.2) is 0 Å². The van der Waals surface area contributed by atoms with Gasteiger partial charge in [0.1, 0.15) is 11.4 Å². The van der Waals surface area contributed by atoms with Crippen LogP contribution in [0.3, 0.4) is 0 Å². The third-order valence-electron chi connectivity index (χ3n) is 5.50. The number of hydrogen-bond donors (Lipinski definition) is 2. The number of anilines is 2. The van der Waals surface area contributed by atoms with E-state index in [1.54, 1.807) is 24.3 Å². The second kappa shape index (κ2) is 7.49. The van der Waals surface area contributed by atoms with E-state index in [2.05, 4.69) is 43.5 Å². The summed E-state index contributed by atoms with van der Waals surface area (Å²) in [5.41, 5.74) is 2.48. The van der Waals surface area contributed by atoms with Crippen molar-refractivity contribution >= 4 is 23.1 Å². The number of hydrogen-bond acceptors (Lipinski definition) is 4. The predicted molar refractivity (Wildman–Crippen MR) is 120 cm³/mol. The smallest absolute Gasteiger partial charge is 0.253 e. The van der Waals surface area contributed by atoms with Crippen molar-refractivity contribution in [3.05, 3.63) is 59.7 Å². The fourth-order valence-corrected chi connectivity index (χ4v) is 4.13. The number of para-hydroxylation sites is 2. The van der Waals surface area contributed by atoms with Gasteiger partial charge in [0, 0.05) is 12.1 Å². The van der Waals surface area contributed by atoms with Gasteiger partial charge in [-0.3, -0.25) is 9.79 Å². The molecule has 6 heteroatoms. The monoisotopic (exact) mass is 401 g/mol. The van der Waals surface area contributed by atoms with Crippen LogP contribution in [0.15, 0.2) is 53.5 Å². The molecule has 154 valence electrons. The zero-order chi connectivity index (χ0) is 21.4. The van der Waals surface area contributed by atoms with Crippen molar-refractivity contribution in [2.24, 2.45) is 4.99 Å². The molecule has 2 heterocycles. The molecule has 0 aromatic heterocycles. The maximum atomic E-state index is 13.2. The number of nitriles is 1. The van der Waals surface area contributed by atoms with Crippen LogP contribution in [-0.2, 0) is 0 Å². The van der Waals surface area contributed by atoms with E-state index in [0.29, 0.717) is 24.2 Å². The maximum Gasteiger partial charge on any atom is 0.253 e. The normalized spacial score (nSPS) is 22.1. The number of nitrogens with zero attached hydrogens (tertiary/aromatic N) is 3. The molecule has 2 aromatic carbocycles. The van der Waals surface area contributed by atoms with Gasteiger partial charge in [-0.1, -0.05) is 12.1 Å².